The summed E-state index contributed by atoms with van der Waals surface area (Å²) in [5, 5.41) is 2.74. The van der Waals surface area contributed by atoms with Crippen molar-refractivity contribution in [3.63, 3.8) is 0 Å². The van der Waals surface area contributed by atoms with Gasteiger partial charge in [0.25, 0.3) is 5.91 Å². The summed E-state index contributed by atoms with van der Waals surface area (Å²) in [5.74, 6) is 2.28. The van der Waals surface area contributed by atoms with Crippen LogP contribution in [0.3, 0.4) is 0 Å². The summed E-state index contributed by atoms with van der Waals surface area (Å²) in [5.41, 5.74) is 1.51. The van der Waals surface area contributed by atoms with Gasteiger partial charge in [-0.15, -0.1) is 0 Å². The molecule has 4 rings (SSSR count). The Morgan fingerprint density at radius 1 is 0.889 bits per heavy atom. The standard InChI is InChI=1S/C27H25NO8/c1-31-17-9-11-20(23(13-17)33-3)28-25(29)15-35-18-8-10-19-22(14-18)36-24(26(19)30)12-16-6-5-7-21(32-2)27(16)34-4/h5-14H,15H2,1-4H3,(H,28,29)/b24-12-. The number of nitrogens with one attached hydrogen (secondary N) is 1. The molecular formula is C27H25NO8. The van der Waals surface area contributed by atoms with Crippen LogP contribution >= 0.6 is 0 Å². The molecule has 3 aromatic rings. The molecule has 3 aromatic carbocycles. The fraction of sp³-hybridized carbons (Fsp3) is 0.185. The molecule has 0 spiro atoms. The second-order valence-corrected chi connectivity index (χ2v) is 7.58. The van der Waals surface area contributed by atoms with Crippen LogP contribution in [-0.4, -0.2) is 46.7 Å². The van der Waals surface area contributed by atoms with Gasteiger partial charge in [-0.2, -0.15) is 0 Å². The number of carbonyl (C=O) groups excluding carboxylic acids is 2. The number of fused-ring (bicyclic) bond motifs is 1. The molecule has 0 saturated heterocycles. The molecule has 186 valence electrons. The molecule has 0 radical (unpaired) electrons. The number of hydrogen-bond acceptors (Lipinski definition) is 8. The highest BCUT2D eigenvalue weighted by Gasteiger charge is 2.28. The Kier molecular flexibility index (Phi) is 7.29. The number of benzene rings is 3. The third-order valence-electron chi connectivity index (χ3n) is 5.41. The van der Waals surface area contributed by atoms with Crippen LogP contribution in [0.15, 0.2) is 60.4 Å². The topological polar surface area (TPSA) is 102 Å². The number of methoxy groups -OCH3 is 4. The van der Waals surface area contributed by atoms with Crippen LogP contribution in [0.4, 0.5) is 5.69 Å². The SMILES string of the molecule is COc1ccc(NC(=O)COc2ccc3c(c2)O/C(=C\c2cccc(OC)c2OC)C3=O)c(OC)c1. The zero-order valence-electron chi connectivity index (χ0n) is 20.2. The number of Topliss-reactive ketones (excluding diaryl/α,β-unsaturated/α-hetero) is 1. The van der Waals surface area contributed by atoms with Gasteiger partial charge in [-0.25, -0.2) is 0 Å². The average molecular weight is 491 g/mol. The van der Waals surface area contributed by atoms with Crippen LogP contribution in [0.1, 0.15) is 15.9 Å². The molecular weight excluding hydrogens is 466 g/mol. The normalized spacial score (nSPS) is 13.0. The molecule has 0 unspecified atom stereocenters. The Labute approximate surface area is 208 Å². The maximum Gasteiger partial charge on any atom is 0.262 e. The zero-order valence-corrected chi connectivity index (χ0v) is 20.2. The van der Waals surface area contributed by atoms with E-state index in [1.807, 2.05) is 0 Å². The van der Waals surface area contributed by atoms with Crippen molar-refractivity contribution in [1.29, 1.82) is 0 Å². The predicted octanol–water partition coefficient (Wildman–Crippen LogP) is 4.35. The van der Waals surface area contributed by atoms with Gasteiger partial charge in [-0.05, 0) is 36.4 Å². The van der Waals surface area contributed by atoms with Crippen molar-refractivity contribution >= 4 is 23.5 Å². The minimum absolute atomic E-state index is 0.137. The number of amides is 1. The van der Waals surface area contributed by atoms with E-state index in [1.165, 1.54) is 21.3 Å². The van der Waals surface area contributed by atoms with Crippen LogP contribution < -0.4 is 33.7 Å². The molecule has 0 fully saturated rings. The molecule has 0 aliphatic carbocycles. The number of ketones is 1. The Balaban J connectivity index is 1.44. The zero-order chi connectivity index (χ0) is 25.7. The summed E-state index contributed by atoms with van der Waals surface area (Å²) in [6, 6.07) is 15.2. The Morgan fingerprint density at radius 3 is 2.39 bits per heavy atom. The van der Waals surface area contributed by atoms with Gasteiger partial charge in [0.05, 0.1) is 39.7 Å². The van der Waals surface area contributed by atoms with Crippen LogP contribution in [0.25, 0.3) is 6.08 Å². The van der Waals surface area contributed by atoms with Gasteiger partial charge >= 0.3 is 0 Å². The number of allylic oxidation sites excluding steroid dienone is 1. The molecule has 9 nitrogen and oxygen atoms in total. The predicted molar refractivity (Wildman–Crippen MR) is 133 cm³/mol. The summed E-state index contributed by atoms with van der Waals surface area (Å²) in [6.45, 7) is -0.258. The highest BCUT2D eigenvalue weighted by atomic mass is 16.5. The van der Waals surface area contributed by atoms with Gasteiger partial charge in [0.2, 0.25) is 5.78 Å². The first-order valence-corrected chi connectivity index (χ1v) is 10.9. The van der Waals surface area contributed by atoms with Crippen molar-refractivity contribution in [2.75, 3.05) is 40.4 Å². The van der Waals surface area contributed by atoms with Crippen LogP contribution in [0, 0.1) is 0 Å². The second kappa shape index (κ2) is 10.7. The van der Waals surface area contributed by atoms with E-state index in [4.69, 9.17) is 28.4 Å². The van der Waals surface area contributed by atoms with Gasteiger partial charge in [0.15, 0.2) is 23.9 Å². The number of carbonyl (C=O) groups is 2. The molecule has 0 aromatic heterocycles. The second-order valence-electron chi connectivity index (χ2n) is 7.58. The fourth-order valence-corrected chi connectivity index (χ4v) is 3.66. The van der Waals surface area contributed by atoms with Gasteiger partial charge in [0.1, 0.15) is 23.0 Å². The lowest BCUT2D eigenvalue weighted by Crippen LogP contribution is -2.20. The first-order valence-electron chi connectivity index (χ1n) is 10.9. The van der Waals surface area contributed by atoms with Crippen molar-refractivity contribution in [3.8, 4) is 34.5 Å². The molecule has 1 aliphatic rings. The minimum Gasteiger partial charge on any atom is -0.497 e. The first-order chi connectivity index (χ1) is 17.5. The van der Waals surface area contributed by atoms with Crippen LogP contribution in [0.5, 0.6) is 34.5 Å². The van der Waals surface area contributed by atoms with Crippen molar-refractivity contribution in [2.24, 2.45) is 0 Å². The lowest BCUT2D eigenvalue weighted by atomic mass is 10.1. The van der Waals surface area contributed by atoms with Gasteiger partial charge in [0, 0.05) is 17.7 Å². The molecule has 1 aliphatic heterocycles. The lowest BCUT2D eigenvalue weighted by Gasteiger charge is -2.12. The Morgan fingerprint density at radius 2 is 1.67 bits per heavy atom. The molecule has 1 amide bonds. The largest absolute Gasteiger partial charge is 0.497 e. The van der Waals surface area contributed by atoms with E-state index in [2.05, 4.69) is 5.32 Å². The molecule has 0 atom stereocenters. The molecule has 1 heterocycles. The minimum atomic E-state index is -0.387. The van der Waals surface area contributed by atoms with Crippen molar-refractivity contribution in [2.45, 2.75) is 0 Å². The summed E-state index contributed by atoms with van der Waals surface area (Å²) >= 11 is 0. The van der Waals surface area contributed by atoms with E-state index in [0.29, 0.717) is 51.3 Å². The maximum atomic E-state index is 12.9. The lowest BCUT2D eigenvalue weighted by molar-refractivity contribution is -0.118. The summed E-state index contributed by atoms with van der Waals surface area (Å²) in [7, 11) is 6.11. The van der Waals surface area contributed by atoms with Crippen molar-refractivity contribution in [1.82, 2.24) is 0 Å². The quantitative estimate of drug-likeness (QED) is 0.441. The molecule has 0 bridgehead atoms. The van der Waals surface area contributed by atoms with Gasteiger partial charge in [-0.1, -0.05) is 12.1 Å². The molecule has 9 heteroatoms. The van der Waals surface area contributed by atoms with Crippen molar-refractivity contribution in [3.05, 3.63) is 71.5 Å². The molecule has 1 N–H and O–H groups in total. The van der Waals surface area contributed by atoms with Gasteiger partial charge < -0.3 is 33.7 Å². The monoisotopic (exact) mass is 491 g/mol. The van der Waals surface area contributed by atoms with Crippen LogP contribution in [0.2, 0.25) is 0 Å². The Bertz CT molecular complexity index is 1330. The van der Waals surface area contributed by atoms with E-state index in [0.717, 1.165) is 0 Å². The highest BCUT2D eigenvalue weighted by molar-refractivity contribution is 6.14. The number of rotatable bonds is 9. The smallest absolute Gasteiger partial charge is 0.262 e. The number of anilines is 1. The van der Waals surface area contributed by atoms with E-state index in [9.17, 15) is 9.59 Å². The highest BCUT2D eigenvalue weighted by Crippen LogP contribution is 2.37. The number of para-hydroxylation sites is 1. The fourth-order valence-electron chi connectivity index (χ4n) is 3.66. The first kappa shape index (κ1) is 24.5. The Hall–Kier alpha value is -4.66. The van der Waals surface area contributed by atoms with Gasteiger partial charge in [-0.3, -0.25) is 9.59 Å². The van der Waals surface area contributed by atoms with Crippen molar-refractivity contribution < 1.29 is 38.0 Å². The van der Waals surface area contributed by atoms with E-state index in [1.54, 1.807) is 67.8 Å². The number of hydrogen-bond donors (Lipinski definition) is 1. The maximum absolute atomic E-state index is 12.9. The number of ether oxygens (including phenoxy) is 6. The third-order valence-corrected chi connectivity index (χ3v) is 5.41. The third kappa shape index (κ3) is 5.05. The summed E-state index contributed by atoms with van der Waals surface area (Å²) < 4.78 is 32.6. The van der Waals surface area contributed by atoms with E-state index in [-0.39, 0.29) is 24.1 Å². The van der Waals surface area contributed by atoms with E-state index >= 15 is 0 Å². The van der Waals surface area contributed by atoms with Crippen LogP contribution in [-0.2, 0) is 4.79 Å². The van der Waals surface area contributed by atoms with E-state index < -0.39 is 0 Å². The molecule has 0 saturated carbocycles. The summed E-state index contributed by atoms with van der Waals surface area (Å²) in [4.78, 5) is 25.3. The average Bonchev–Trinajstić information content (AvgIpc) is 3.21. The summed E-state index contributed by atoms with van der Waals surface area (Å²) in [6.07, 6.45) is 1.60. The molecule has 36 heavy (non-hydrogen) atoms.